The second kappa shape index (κ2) is 8.93. The second-order valence-electron chi connectivity index (χ2n) is 7.31. The first-order valence-corrected chi connectivity index (χ1v) is 11.7. The topological polar surface area (TPSA) is 122 Å². The predicted molar refractivity (Wildman–Crippen MR) is 119 cm³/mol. The van der Waals surface area contributed by atoms with Gasteiger partial charge in [-0.3, -0.25) is 0 Å². The zero-order chi connectivity index (χ0) is 22.7. The third-order valence-electron chi connectivity index (χ3n) is 5.03. The molecule has 0 amide bonds. The summed E-state index contributed by atoms with van der Waals surface area (Å²) in [5.41, 5.74) is 2.39. The van der Waals surface area contributed by atoms with Gasteiger partial charge in [-0.1, -0.05) is 31.5 Å². The molecule has 2 aromatic carbocycles. The molecule has 2 aromatic heterocycles. The minimum atomic E-state index is -3.84. The number of sulfonamides is 1. The van der Waals surface area contributed by atoms with Crippen molar-refractivity contribution in [3.05, 3.63) is 72.3 Å². The van der Waals surface area contributed by atoms with Crippen molar-refractivity contribution in [2.24, 2.45) is 5.14 Å². The normalized spacial score (nSPS) is 11.7. The van der Waals surface area contributed by atoms with E-state index in [9.17, 15) is 13.2 Å². The van der Waals surface area contributed by atoms with Crippen molar-refractivity contribution in [3.63, 3.8) is 0 Å². The maximum absolute atomic E-state index is 12.6. The lowest BCUT2D eigenvalue weighted by molar-refractivity contribution is 0.0458. The zero-order valence-corrected chi connectivity index (χ0v) is 18.3. The fourth-order valence-corrected chi connectivity index (χ4v) is 3.91. The van der Waals surface area contributed by atoms with Crippen molar-refractivity contribution in [1.82, 2.24) is 19.3 Å². The number of hydrogen-bond donors (Lipinski definition) is 1. The van der Waals surface area contributed by atoms with Crippen LogP contribution in [0.4, 0.5) is 0 Å². The van der Waals surface area contributed by atoms with Gasteiger partial charge in [-0.05, 0) is 36.8 Å². The number of nitrogens with two attached hydrogens (primary N) is 1. The van der Waals surface area contributed by atoms with Gasteiger partial charge in [0.15, 0.2) is 0 Å². The Kier molecular flexibility index (Phi) is 6.06. The molecule has 4 rings (SSSR count). The summed E-state index contributed by atoms with van der Waals surface area (Å²) in [6.45, 7) is 2.68. The van der Waals surface area contributed by atoms with Crippen molar-refractivity contribution in [1.29, 1.82) is 0 Å². The van der Waals surface area contributed by atoms with Gasteiger partial charge in [-0.15, -0.1) is 0 Å². The predicted octanol–water partition coefficient (Wildman–Crippen LogP) is 3.03. The van der Waals surface area contributed by atoms with Crippen molar-refractivity contribution >= 4 is 27.0 Å². The Morgan fingerprint density at radius 1 is 1.16 bits per heavy atom. The van der Waals surface area contributed by atoms with Crippen LogP contribution in [0.3, 0.4) is 0 Å². The van der Waals surface area contributed by atoms with E-state index in [1.807, 2.05) is 34.9 Å². The Morgan fingerprint density at radius 3 is 2.66 bits per heavy atom. The molecule has 2 N–H and O–H groups in total. The number of aryl methyl sites for hydroxylation is 1. The third kappa shape index (κ3) is 4.56. The first-order chi connectivity index (χ1) is 15.4. The van der Waals surface area contributed by atoms with E-state index in [1.165, 1.54) is 18.3 Å². The number of esters is 1. The standard InChI is InChI=1S/C22H23N5O4S/c1-2-3-11-26-20-10-9-18(32(23,29)30)12-19(20)25-21(26)15-31-22(28)16-13-24-27(14-16)17-7-5-4-6-8-17/h4-10,12-14H,2-3,11,15H2,1H3,(H2,23,29,30). The first kappa shape index (κ1) is 21.7. The van der Waals surface area contributed by atoms with E-state index in [0.717, 1.165) is 24.0 Å². The van der Waals surface area contributed by atoms with Crippen LogP contribution in [0, 0.1) is 0 Å². The number of nitrogens with zero attached hydrogens (tertiary/aromatic N) is 4. The number of carbonyl (C=O) groups excluding carboxylic acids is 1. The van der Waals surface area contributed by atoms with E-state index in [0.29, 0.717) is 23.4 Å². The molecule has 0 aliphatic rings. The van der Waals surface area contributed by atoms with Crippen molar-refractivity contribution in [2.45, 2.75) is 37.8 Å². The van der Waals surface area contributed by atoms with Gasteiger partial charge in [0, 0.05) is 12.7 Å². The van der Waals surface area contributed by atoms with E-state index < -0.39 is 16.0 Å². The van der Waals surface area contributed by atoms with Crippen LogP contribution in [0.25, 0.3) is 16.7 Å². The number of para-hydroxylation sites is 1. The molecule has 0 bridgehead atoms. The van der Waals surface area contributed by atoms with Gasteiger partial charge in [0.1, 0.15) is 12.4 Å². The minimum absolute atomic E-state index is 0.0120. The molecule has 32 heavy (non-hydrogen) atoms. The molecule has 4 aromatic rings. The van der Waals surface area contributed by atoms with Crippen molar-refractivity contribution < 1.29 is 17.9 Å². The molecule has 0 fully saturated rings. The Hall–Kier alpha value is -3.50. The molecular weight excluding hydrogens is 430 g/mol. The molecular formula is C22H23N5O4S. The van der Waals surface area contributed by atoms with Crippen LogP contribution >= 0.6 is 0 Å². The number of benzene rings is 2. The highest BCUT2D eigenvalue weighted by Gasteiger charge is 2.17. The third-order valence-corrected chi connectivity index (χ3v) is 5.94. The number of carbonyl (C=O) groups is 1. The lowest BCUT2D eigenvalue weighted by atomic mass is 10.3. The molecule has 0 saturated heterocycles. The Labute approximate surface area is 185 Å². The molecule has 0 aliphatic heterocycles. The summed E-state index contributed by atoms with van der Waals surface area (Å²) in [5.74, 6) is 0.00956. The maximum atomic E-state index is 12.6. The summed E-state index contributed by atoms with van der Waals surface area (Å²) in [6, 6.07) is 14.0. The fourth-order valence-electron chi connectivity index (χ4n) is 3.38. The Morgan fingerprint density at radius 2 is 1.94 bits per heavy atom. The number of rotatable bonds is 8. The number of unbranched alkanes of at least 4 members (excludes halogenated alkanes) is 1. The Bertz CT molecular complexity index is 1360. The smallest absolute Gasteiger partial charge is 0.341 e. The highest BCUT2D eigenvalue weighted by molar-refractivity contribution is 7.89. The van der Waals surface area contributed by atoms with Crippen molar-refractivity contribution in [2.75, 3.05) is 0 Å². The maximum Gasteiger partial charge on any atom is 0.341 e. The Balaban J connectivity index is 1.56. The SMILES string of the molecule is CCCCn1c(COC(=O)c2cnn(-c3ccccc3)c2)nc2cc(S(N)(=O)=O)ccc21. The van der Waals surface area contributed by atoms with Gasteiger partial charge < -0.3 is 9.30 Å². The summed E-state index contributed by atoms with van der Waals surface area (Å²) in [6.07, 6.45) is 4.92. The summed E-state index contributed by atoms with van der Waals surface area (Å²) in [7, 11) is -3.84. The highest BCUT2D eigenvalue weighted by Crippen LogP contribution is 2.22. The minimum Gasteiger partial charge on any atom is -0.454 e. The number of imidazole rings is 1. The summed E-state index contributed by atoms with van der Waals surface area (Å²) < 4.78 is 32.4. The van der Waals surface area contributed by atoms with E-state index in [2.05, 4.69) is 17.0 Å². The monoisotopic (exact) mass is 453 g/mol. The first-order valence-electron chi connectivity index (χ1n) is 10.2. The van der Waals surface area contributed by atoms with Gasteiger partial charge >= 0.3 is 5.97 Å². The molecule has 9 nitrogen and oxygen atoms in total. The summed E-state index contributed by atoms with van der Waals surface area (Å²) >= 11 is 0. The molecule has 0 spiro atoms. The van der Waals surface area contributed by atoms with E-state index in [-0.39, 0.29) is 11.5 Å². The van der Waals surface area contributed by atoms with E-state index in [1.54, 1.807) is 16.9 Å². The number of aromatic nitrogens is 4. The van der Waals surface area contributed by atoms with Crippen LogP contribution in [0.1, 0.15) is 35.9 Å². The zero-order valence-electron chi connectivity index (χ0n) is 17.5. The average molecular weight is 454 g/mol. The number of ether oxygens (including phenoxy) is 1. The molecule has 0 atom stereocenters. The van der Waals surface area contributed by atoms with Crippen molar-refractivity contribution in [3.8, 4) is 5.69 Å². The van der Waals surface area contributed by atoms with Crippen LogP contribution in [0.15, 0.2) is 65.8 Å². The molecule has 0 unspecified atom stereocenters. The van der Waals surface area contributed by atoms with Crippen LogP contribution in [0.2, 0.25) is 0 Å². The summed E-state index contributed by atoms with van der Waals surface area (Å²) in [5, 5.41) is 9.45. The molecule has 0 radical (unpaired) electrons. The van der Waals surface area contributed by atoms with Crippen LogP contribution in [-0.4, -0.2) is 33.7 Å². The van der Waals surface area contributed by atoms with Gasteiger partial charge in [0.05, 0.1) is 33.4 Å². The molecule has 0 saturated carbocycles. The fraction of sp³-hybridized carbons (Fsp3) is 0.227. The van der Waals surface area contributed by atoms with Crippen LogP contribution in [-0.2, 0) is 27.9 Å². The lowest BCUT2D eigenvalue weighted by Gasteiger charge is -2.09. The highest BCUT2D eigenvalue weighted by atomic mass is 32.2. The number of primary sulfonamides is 1. The largest absolute Gasteiger partial charge is 0.454 e. The van der Waals surface area contributed by atoms with Crippen LogP contribution < -0.4 is 5.14 Å². The van der Waals surface area contributed by atoms with Gasteiger partial charge in [0.2, 0.25) is 10.0 Å². The van der Waals surface area contributed by atoms with Crippen LogP contribution in [0.5, 0.6) is 0 Å². The molecule has 166 valence electrons. The molecule has 0 aliphatic carbocycles. The lowest BCUT2D eigenvalue weighted by Crippen LogP contribution is -2.12. The van der Waals surface area contributed by atoms with E-state index >= 15 is 0 Å². The van der Waals surface area contributed by atoms with Gasteiger partial charge in [0.25, 0.3) is 0 Å². The molecule has 10 heteroatoms. The molecule has 2 heterocycles. The van der Waals surface area contributed by atoms with E-state index in [4.69, 9.17) is 9.88 Å². The average Bonchev–Trinajstić information content (AvgIpc) is 3.41. The summed E-state index contributed by atoms with van der Waals surface area (Å²) in [4.78, 5) is 17.1. The van der Waals surface area contributed by atoms with Gasteiger partial charge in [-0.25, -0.2) is 28.0 Å². The number of fused-ring (bicyclic) bond motifs is 1. The van der Waals surface area contributed by atoms with Gasteiger partial charge in [-0.2, -0.15) is 5.10 Å². The second-order valence-corrected chi connectivity index (χ2v) is 8.88. The number of hydrogen-bond acceptors (Lipinski definition) is 6. The quantitative estimate of drug-likeness (QED) is 0.409.